The Morgan fingerprint density at radius 2 is 2.28 bits per heavy atom. The van der Waals surface area contributed by atoms with E-state index in [1.807, 2.05) is 40.8 Å². The topological polar surface area (TPSA) is 60.1 Å². The molecule has 1 fully saturated rings. The Hall–Kier alpha value is -2.41. The van der Waals surface area contributed by atoms with Gasteiger partial charge in [-0.2, -0.15) is 11.3 Å². The summed E-state index contributed by atoms with van der Waals surface area (Å²) in [5.41, 5.74) is 2.60. The van der Waals surface area contributed by atoms with Gasteiger partial charge in [0.15, 0.2) is 5.65 Å². The van der Waals surface area contributed by atoms with Gasteiger partial charge in [-0.25, -0.2) is 9.78 Å². The highest BCUT2D eigenvalue weighted by Gasteiger charge is 2.30. The molecule has 0 N–H and O–H groups in total. The summed E-state index contributed by atoms with van der Waals surface area (Å²) in [6.07, 6.45) is 2.93. The van der Waals surface area contributed by atoms with E-state index in [1.165, 1.54) is 0 Å². The number of pyridine rings is 1. The van der Waals surface area contributed by atoms with Gasteiger partial charge in [0.25, 0.3) is 0 Å². The summed E-state index contributed by atoms with van der Waals surface area (Å²) in [5, 5.41) is 4.00. The van der Waals surface area contributed by atoms with Gasteiger partial charge >= 0.3 is 5.69 Å². The third-order valence-corrected chi connectivity index (χ3v) is 5.59. The summed E-state index contributed by atoms with van der Waals surface area (Å²) < 4.78 is 3.52. The first kappa shape index (κ1) is 16.1. The summed E-state index contributed by atoms with van der Waals surface area (Å²) in [5.74, 6) is 0.126. The molecule has 7 heteroatoms. The number of amides is 1. The number of imidazole rings is 1. The number of likely N-dealkylation sites (tertiary alicyclic amines) is 1. The maximum atomic E-state index is 12.8. The highest BCUT2D eigenvalue weighted by Crippen LogP contribution is 2.24. The van der Waals surface area contributed by atoms with E-state index in [-0.39, 0.29) is 17.6 Å². The summed E-state index contributed by atoms with van der Waals surface area (Å²) in [7, 11) is 0. The normalized spacial score (nSPS) is 17.5. The minimum absolute atomic E-state index is 0.0101. The van der Waals surface area contributed by atoms with Crippen molar-refractivity contribution in [3.63, 3.8) is 0 Å². The van der Waals surface area contributed by atoms with E-state index < -0.39 is 0 Å². The molecule has 6 nitrogen and oxygen atoms in total. The molecule has 130 valence electrons. The Morgan fingerprint density at radius 3 is 3.04 bits per heavy atom. The molecule has 25 heavy (non-hydrogen) atoms. The van der Waals surface area contributed by atoms with Crippen LogP contribution in [0.25, 0.3) is 11.2 Å². The van der Waals surface area contributed by atoms with E-state index in [4.69, 9.17) is 0 Å². The first-order chi connectivity index (χ1) is 12.2. The predicted octanol–water partition coefficient (Wildman–Crippen LogP) is 2.30. The lowest BCUT2D eigenvalue weighted by molar-refractivity contribution is -0.129. The largest absolute Gasteiger partial charge is 0.340 e. The van der Waals surface area contributed by atoms with Crippen molar-refractivity contribution in [2.24, 2.45) is 0 Å². The highest BCUT2D eigenvalue weighted by molar-refractivity contribution is 7.08. The van der Waals surface area contributed by atoms with Crippen LogP contribution in [0.15, 0.2) is 40.0 Å². The number of aromatic nitrogens is 3. The Bertz CT molecular complexity index is 957. The molecular weight excluding hydrogens is 336 g/mol. The first-order valence-electron chi connectivity index (χ1n) is 8.53. The second-order valence-corrected chi connectivity index (χ2v) is 7.11. The molecule has 1 saturated heterocycles. The van der Waals surface area contributed by atoms with Crippen LogP contribution in [0, 0.1) is 0 Å². The number of carbonyl (C=O) groups excluding carboxylic acids is 1. The summed E-state index contributed by atoms with van der Waals surface area (Å²) in [4.78, 5) is 31.6. The third-order valence-electron chi connectivity index (χ3n) is 4.85. The minimum atomic E-state index is -0.0340. The highest BCUT2D eigenvalue weighted by atomic mass is 32.1. The van der Waals surface area contributed by atoms with Gasteiger partial charge in [-0.05, 0) is 47.9 Å². The molecule has 1 atom stereocenters. The molecule has 1 aliphatic rings. The molecule has 0 radical (unpaired) electrons. The third kappa shape index (κ3) is 2.78. The Morgan fingerprint density at radius 1 is 1.40 bits per heavy atom. The van der Waals surface area contributed by atoms with Crippen LogP contribution in [-0.4, -0.2) is 38.0 Å². The standard InChI is InChI=1S/C18H20N4O2S/c1-2-21-15-4-3-7-19-17(15)22(18(21)24)14-5-8-20(11-14)16(23)10-13-6-9-25-12-13/h3-4,6-7,9,12,14H,2,5,8,10-11H2,1H3/t14-/m1/s1. The number of carbonyl (C=O) groups is 1. The van der Waals surface area contributed by atoms with Crippen molar-refractivity contribution in [3.05, 3.63) is 51.2 Å². The van der Waals surface area contributed by atoms with Gasteiger partial charge in [0.2, 0.25) is 5.91 Å². The number of thiophene rings is 1. The number of hydrogen-bond donors (Lipinski definition) is 0. The monoisotopic (exact) mass is 356 g/mol. The van der Waals surface area contributed by atoms with E-state index >= 15 is 0 Å². The zero-order valence-corrected chi connectivity index (χ0v) is 14.9. The molecule has 3 aromatic rings. The number of hydrogen-bond acceptors (Lipinski definition) is 4. The van der Waals surface area contributed by atoms with Crippen molar-refractivity contribution in [1.29, 1.82) is 0 Å². The smallest absolute Gasteiger partial charge is 0.330 e. The number of fused-ring (bicyclic) bond motifs is 1. The molecule has 4 heterocycles. The molecule has 0 saturated carbocycles. The molecule has 1 amide bonds. The Balaban J connectivity index is 1.60. The zero-order chi connectivity index (χ0) is 17.4. The molecule has 0 spiro atoms. The number of nitrogens with zero attached hydrogens (tertiary/aromatic N) is 4. The molecule has 0 unspecified atom stereocenters. The van der Waals surface area contributed by atoms with E-state index in [9.17, 15) is 9.59 Å². The van der Waals surface area contributed by atoms with Gasteiger partial charge in [-0.3, -0.25) is 13.9 Å². The lowest BCUT2D eigenvalue weighted by atomic mass is 10.2. The van der Waals surface area contributed by atoms with Crippen LogP contribution in [-0.2, 0) is 17.8 Å². The molecule has 3 aromatic heterocycles. The molecule has 0 aromatic carbocycles. The van der Waals surface area contributed by atoms with Crippen molar-refractivity contribution in [1.82, 2.24) is 19.0 Å². The fraction of sp³-hybridized carbons (Fsp3) is 0.389. The van der Waals surface area contributed by atoms with E-state index in [0.29, 0.717) is 31.7 Å². The second kappa shape index (κ2) is 6.48. The molecule has 1 aliphatic heterocycles. The fourth-order valence-electron chi connectivity index (χ4n) is 3.60. The van der Waals surface area contributed by atoms with Gasteiger partial charge in [-0.1, -0.05) is 0 Å². The van der Waals surface area contributed by atoms with Crippen molar-refractivity contribution in [2.45, 2.75) is 32.4 Å². The van der Waals surface area contributed by atoms with Crippen LogP contribution < -0.4 is 5.69 Å². The lowest BCUT2D eigenvalue weighted by Crippen LogP contribution is -2.32. The molecule has 4 rings (SSSR count). The zero-order valence-electron chi connectivity index (χ0n) is 14.1. The SMILES string of the molecule is CCn1c(=O)n([C@@H]2CCN(C(=O)Cc3ccsc3)C2)c2ncccc21. The van der Waals surface area contributed by atoms with E-state index in [2.05, 4.69) is 4.98 Å². The molecule has 0 aliphatic carbocycles. The minimum Gasteiger partial charge on any atom is -0.340 e. The number of rotatable bonds is 4. The van der Waals surface area contributed by atoms with Crippen molar-refractivity contribution in [3.8, 4) is 0 Å². The summed E-state index contributed by atoms with van der Waals surface area (Å²) in [6, 6.07) is 5.75. The molecule has 0 bridgehead atoms. The molecular formula is C18H20N4O2S. The maximum Gasteiger partial charge on any atom is 0.330 e. The quantitative estimate of drug-likeness (QED) is 0.721. The Labute approximate surface area is 149 Å². The van der Waals surface area contributed by atoms with Crippen LogP contribution in [0.5, 0.6) is 0 Å². The van der Waals surface area contributed by atoms with Gasteiger partial charge in [0, 0.05) is 25.8 Å². The van der Waals surface area contributed by atoms with Crippen molar-refractivity contribution >= 4 is 28.4 Å². The van der Waals surface area contributed by atoms with Crippen molar-refractivity contribution in [2.75, 3.05) is 13.1 Å². The van der Waals surface area contributed by atoms with Gasteiger partial charge in [-0.15, -0.1) is 0 Å². The van der Waals surface area contributed by atoms with Gasteiger partial charge in [0.05, 0.1) is 18.0 Å². The fourth-order valence-corrected chi connectivity index (χ4v) is 4.27. The first-order valence-corrected chi connectivity index (χ1v) is 9.48. The Kier molecular flexibility index (Phi) is 4.17. The van der Waals surface area contributed by atoms with E-state index in [1.54, 1.807) is 26.7 Å². The van der Waals surface area contributed by atoms with Crippen LogP contribution in [0.4, 0.5) is 0 Å². The van der Waals surface area contributed by atoms with Crippen LogP contribution in [0.3, 0.4) is 0 Å². The van der Waals surface area contributed by atoms with Crippen molar-refractivity contribution < 1.29 is 4.79 Å². The van der Waals surface area contributed by atoms with Gasteiger partial charge < -0.3 is 4.90 Å². The van der Waals surface area contributed by atoms with Gasteiger partial charge in [0.1, 0.15) is 0 Å². The maximum absolute atomic E-state index is 12.8. The second-order valence-electron chi connectivity index (χ2n) is 6.33. The van der Waals surface area contributed by atoms with Crippen LogP contribution in [0.2, 0.25) is 0 Å². The number of aryl methyl sites for hydroxylation is 1. The average Bonchev–Trinajstić information content (AvgIpc) is 3.33. The van der Waals surface area contributed by atoms with Crippen LogP contribution >= 0.6 is 11.3 Å². The summed E-state index contributed by atoms with van der Waals surface area (Å²) in [6.45, 7) is 3.83. The predicted molar refractivity (Wildman–Crippen MR) is 97.9 cm³/mol. The van der Waals surface area contributed by atoms with Crippen LogP contribution in [0.1, 0.15) is 24.9 Å². The average molecular weight is 356 g/mol. The lowest BCUT2D eigenvalue weighted by Gasteiger charge is -2.16. The van der Waals surface area contributed by atoms with E-state index in [0.717, 1.165) is 17.5 Å². The summed E-state index contributed by atoms with van der Waals surface area (Å²) >= 11 is 1.60.